The van der Waals surface area contributed by atoms with Crippen LogP contribution in [0.5, 0.6) is 0 Å². The van der Waals surface area contributed by atoms with Gasteiger partial charge in [-0.15, -0.1) is 0 Å². The molecule has 1 aromatic rings. The van der Waals surface area contributed by atoms with Gasteiger partial charge in [0.1, 0.15) is 5.82 Å². The van der Waals surface area contributed by atoms with Crippen molar-refractivity contribution in [1.29, 1.82) is 0 Å². The van der Waals surface area contributed by atoms with Crippen molar-refractivity contribution in [3.05, 3.63) is 35.6 Å². The minimum Gasteiger partial charge on any atom is -0.390 e. The molecule has 0 amide bonds. The van der Waals surface area contributed by atoms with Gasteiger partial charge in [0, 0.05) is 26.2 Å². The van der Waals surface area contributed by atoms with Gasteiger partial charge in [0.15, 0.2) is 0 Å². The molecule has 2 rings (SSSR count). The lowest BCUT2D eigenvalue weighted by Crippen LogP contribution is -2.43. The maximum absolute atomic E-state index is 12.7. The second-order valence-electron chi connectivity index (χ2n) is 5.15. The molecule has 2 N–H and O–H groups in total. The summed E-state index contributed by atoms with van der Waals surface area (Å²) in [4.78, 5) is 2.22. The number of nitrogens with zero attached hydrogens (tertiary/aromatic N) is 1. The number of aliphatic hydroxyl groups is 1. The van der Waals surface area contributed by atoms with E-state index in [1.165, 1.54) is 12.1 Å². The van der Waals surface area contributed by atoms with Gasteiger partial charge in [-0.1, -0.05) is 12.1 Å². The smallest absolute Gasteiger partial charge is 0.123 e. The topological polar surface area (TPSA) is 44.7 Å². The Bertz CT molecular complexity index is 380. The first-order valence-electron chi connectivity index (χ1n) is 7.17. The molecule has 0 aromatic heterocycles. The highest BCUT2D eigenvalue weighted by molar-refractivity contribution is 5.16. The molecule has 1 unspecified atom stereocenters. The second-order valence-corrected chi connectivity index (χ2v) is 5.15. The molecule has 20 heavy (non-hydrogen) atoms. The highest BCUT2D eigenvalue weighted by Crippen LogP contribution is 2.03. The van der Waals surface area contributed by atoms with Gasteiger partial charge >= 0.3 is 0 Å². The SMILES string of the molecule is OC(CNCCc1ccc(F)cc1)CN1CCOCC1. The van der Waals surface area contributed by atoms with E-state index >= 15 is 0 Å². The number of β-amino-alcohol motifs (C(OH)–C–C–N with tert-alkyl or cyclic N) is 1. The molecule has 1 heterocycles. The third-order valence-electron chi connectivity index (χ3n) is 3.46. The van der Waals surface area contributed by atoms with Gasteiger partial charge < -0.3 is 15.2 Å². The summed E-state index contributed by atoms with van der Waals surface area (Å²) in [7, 11) is 0. The van der Waals surface area contributed by atoms with Gasteiger partial charge in [0.05, 0.1) is 19.3 Å². The highest BCUT2D eigenvalue weighted by Gasteiger charge is 2.14. The molecule has 1 aromatic carbocycles. The summed E-state index contributed by atoms with van der Waals surface area (Å²) in [6.07, 6.45) is 0.478. The zero-order chi connectivity index (χ0) is 14.2. The van der Waals surface area contributed by atoms with Crippen molar-refractivity contribution < 1.29 is 14.2 Å². The van der Waals surface area contributed by atoms with Crippen LogP contribution in [0.1, 0.15) is 5.56 Å². The van der Waals surface area contributed by atoms with Crippen LogP contribution >= 0.6 is 0 Å². The monoisotopic (exact) mass is 282 g/mol. The third kappa shape index (κ3) is 5.54. The van der Waals surface area contributed by atoms with Gasteiger partial charge in [-0.2, -0.15) is 0 Å². The first-order chi connectivity index (χ1) is 9.74. The molecular formula is C15H23FN2O2. The largest absolute Gasteiger partial charge is 0.390 e. The number of hydrogen-bond donors (Lipinski definition) is 2. The van der Waals surface area contributed by atoms with Crippen LogP contribution in [0.4, 0.5) is 4.39 Å². The Morgan fingerprint density at radius 1 is 1.25 bits per heavy atom. The van der Waals surface area contributed by atoms with Crippen LogP contribution in [0.25, 0.3) is 0 Å². The van der Waals surface area contributed by atoms with E-state index in [4.69, 9.17) is 4.74 Å². The van der Waals surface area contributed by atoms with Crippen LogP contribution in [0.2, 0.25) is 0 Å². The zero-order valence-electron chi connectivity index (χ0n) is 11.7. The molecule has 4 nitrogen and oxygen atoms in total. The standard InChI is InChI=1S/C15H23FN2O2/c16-14-3-1-13(2-4-14)5-6-17-11-15(19)12-18-7-9-20-10-8-18/h1-4,15,17,19H,5-12H2. The average molecular weight is 282 g/mol. The van der Waals surface area contributed by atoms with Crippen molar-refractivity contribution in [2.24, 2.45) is 0 Å². The molecule has 5 heteroatoms. The van der Waals surface area contributed by atoms with E-state index in [2.05, 4.69) is 10.2 Å². The van der Waals surface area contributed by atoms with E-state index in [0.717, 1.165) is 44.8 Å². The third-order valence-corrected chi connectivity index (χ3v) is 3.46. The number of ether oxygens (including phenoxy) is 1. The Morgan fingerprint density at radius 2 is 1.95 bits per heavy atom. The lowest BCUT2D eigenvalue weighted by atomic mass is 10.1. The van der Waals surface area contributed by atoms with Crippen LogP contribution in [0.3, 0.4) is 0 Å². The molecule has 0 radical (unpaired) electrons. The Morgan fingerprint density at radius 3 is 2.65 bits per heavy atom. The molecule has 1 fully saturated rings. The first kappa shape index (κ1) is 15.4. The van der Waals surface area contributed by atoms with E-state index in [-0.39, 0.29) is 11.9 Å². The van der Waals surface area contributed by atoms with Gasteiger partial charge in [-0.3, -0.25) is 4.90 Å². The molecule has 0 bridgehead atoms. The maximum atomic E-state index is 12.7. The summed E-state index contributed by atoms with van der Waals surface area (Å²) in [6.45, 7) is 5.35. The zero-order valence-corrected chi connectivity index (χ0v) is 11.7. The van der Waals surface area contributed by atoms with Gasteiger partial charge in [0.25, 0.3) is 0 Å². The molecule has 1 aliphatic heterocycles. The summed E-state index contributed by atoms with van der Waals surface area (Å²) >= 11 is 0. The van der Waals surface area contributed by atoms with Crippen molar-refractivity contribution in [3.8, 4) is 0 Å². The van der Waals surface area contributed by atoms with Gasteiger partial charge in [0.2, 0.25) is 0 Å². The summed E-state index contributed by atoms with van der Waals surface area (Å²) in [5, 5.41) is 13.2. The summed E-state index contributed by atoms with van der Waals surface area (Å²) in [6, 6.07) is 6.54. The minimum atomic E-state index is -0.360. The number of rotatable bonds is 7. The van der Waals surface area contributed by atoms with Gasteiger partial charge in [-0.05, 0) is 30.7 Å². The quantitative estimate of drug-likeness (QED) is 0.721. The Labute approximate surface area is 119 Å². The second kappa shape index (κ2) is 8.32. The van der Waals surface area contributed by atoms with E-state index < -0.39 is 0 Å². The predicted molar refractivity (Wildman–Crippen MR) is 76.2 cm³/mol. The first-order valence-corrected chi connectivity index (χ1v) is 7.17. The summed E-state index contributed by atoms with van der Waals surface area (Å²) in [5.41, 5.74) is 1.10. The molecule has 0 aliphatic carbocycles. The number of hydrogen-bond acceptors (Lipinski definition) is 4. The van der Waals surface area contributed by atoms with Gasteiger partial charge in [-0.25, -0.2) is 4.39 Å². The van der Waals surface area contributed by atoms with E-state index in [1.54, 1.807) is 12.1 Å². The summed E-state index contributed by atoms with van der Waals surface area (Å²) < 4.78 is 18.0. The van der Waals surface area contributed by atoms with Crippen molar-refractivity contribution in [2.45, 2.75) is 12.5 Å². The van der Waals surface area contributed by atoms with Crippen LogP contribution in [-0.4, -0.2) is 62.0 Å². The number of aliphatic hydroxyl groups excluding tert-OH is 1. The Hall–Kier alpha value is -1.01. The number of halogens is 1. The van der Waals surface area contributed by atoms with Crippen LogP contribution in [-0.2, 0) is 11.2 Å². The highest BCUT2D eigenvalue weighted by atomic mass is 19.1. The molecule has 1 saturated heterocycles. The number of benzene rings is 1. The van der Waals surface area contributed by atoms with E-state index in [9.17, 15) is 9.50 Å². The Kier molecular flexibility index (Phi) is 6.39. The molecule has 112 valence electrons. The molecule has 1 atom stereocenters. The molecule has 0 saturated carbocycles. The van der Waals surface area contributed by atoms with Crippen molar-refractivity contribution in [1.82, 2.24) is 10.2 Å². The minimum absolute atomic E-state index is 0.206. The average Bonchev–Trinajstić information content (AvgIpc) is 2.46. The lowest BCUT2D eigenvalue weighted by molar-refractivity contribution is 0.0150. The molecular weight excluding hydrogens is 259 g/mol. The molecule has 0 spiro atoms. The fraction of sp³-hybridized carbons (Fsp3) is 0.600. The van der Waals surface area contributed by atoms with Crippen molar-refractivity contribution in [2.75, 3.05) is 45.9 Å². The predicted octanol–water partition coefficient (Wildman–Crippen LogP) is 0.651. The fourth-order valence-electron chi connectivity index (χ4n) is 2.30. The number of morpholine rings is 1. The number of nitrogens with one attached hydrogen (secondary N) is 1. The van der Waals surface area contributed by atoms with Crippen LogP contribution < -0.4 is 5.32 Å². The van der Waals surface area contributed by atoms with E-state index in [0.29, 0.717) is 13.1 Å². The van der Waals surface area contributed by atoms with E-state index in [1.807, 2.05) is 0 Å². The van der Waals surface area contributed by atoms with Crippen LogP contribution in [0.15, 0.2) is 24.3 Å². The fourth-order valence-corrected chi connectivity index (χ4v) is 2.30. The summed E-state index contributed by atoms with van der Waals surface area (Å²) in [5.74, 6) is -0.206. The molecule has 1 aliphatic rings. The van der Waals surface area contributed by atoms with Crippen molar-refractivity contribution in [3.63, 3.8) is 0 Å². The Balaban J connectivity index is 1.56. The normalized spacial score (nSPS) is 18.1. The maximum Gasteiger partial charge on any atom is 0.123 e. The van der Waals surface area contributed by atoms with Crippen molar-refractivity contribution >= 4 is 0 Å². The van der Waals surface area contributed by atoms with Crippen LogP contribution in [0, 0.1) is 5.82 Å². The lowest BCUT2D eigenvalue weighted by Gasteiger charge is -2.28.